The van der Waals surface area contributed by atoms with Gasteiger partial charge < -0.3 is 5.32 Å². The summed E-state index contributed by atoms with van der Waals surface area (Å²) in [5, 5.41) is 13.2. The average Bonchev–Trinajstić information content (AvgIpc) is 3.39. The number of hydrogen-bond donors (Lipinski definition) is 1. The van der Waals surface area contributed by atoms with Gasteiger partial charge in [-0.2, -0.15) is 14.9 Å². The molecule has 5 aromatic rings. The average molecular weight is 458 g/mol. The van der Waals surface area contributed by atoms with Crippen LogP contribution in [-0.2, 0) is 0 Å². The highest BCUT2D eigenvalue weighted by Crippen LogP contribution is 2.25. The SMILES string of the molecule is Cc1cc(NC(=O)c2cccc(Cl)c2)n(-c2ncnc3c2cnn3-c2ccc(C)c(C)c2)n1. The first-order valence-corrected chi connectivity index (χ1v) is 10.7. The minimum atomic E-state index is -0.297. The van der Waals surface area contributed by atoms with Crippen molar-refractivity contribution in [3.8, 4) is 11.5 Å². The molecule has 0 bridgehead atoms. The summed E-state index contributed by atoms with van der Waals surface area (Å²) in [6.07, 6.45) is 3.18. The van der Waals surface area contributed by atoms with E-state index in [4.69, 9.17) is 11.6 Å². The molecule has 5 rings (SSSR count). The first-order valence-electron chi connectivity index (χ1n) is 10.3. The third kappa shape index (κ3) is 3.85. The van der Waals surface area contributed by atoms with Crippen molar-refractivity contribution in [2.24, 2.45) is 0 Å². The van der Waals surface area contributed by atoms with Crippen molar-refractivity contribution in [1.29, 1.82) is 0 Å². The number of hydrogen-bond acceptors (Lipinski definition) is 5. The van der Waals surface area contributed by atoms with Crippen molar-refractivity contribution in [2.45, 2.75) is 20.8 Å². The van der Waals surface area contributed by atoms with E-state index >= 15 is 0 Å². The number of halogens is 1. The van der Waals surface area contributed by atoms with E-state index in [1.807, 2.05) is 13.0 Å². The zero-order chi connectivity index (χ0) is 23.1. The highest BCUT2D eigenvalue weighted by molar-refractivity contribution is 6.31. The number of carbonyl (C=O) groups is 1. The number of nitrogens with zero attached hydrogens (tertiary/aromatic N) is 6. The summed E-state index contributed by atoms with van der Waals surface area (Å²) >= 11 is 6.04. The van der Waals surface area contributed by atoms with Gasteiger partial charge in [0, 0.05) is 16.7 Å². The molecule has 1 amide bonds. The Balaban J connectivity index is 1.57. The van der Waals surface area contributed by atoms with Gasteiger partial charge >= 0.3 is 0 Å². The van der Waals surface area contributed by atoms with Crippen molar-refractivity contribution < 1.29 is 4.79 Å². The molecule has 0 saturated carbocycles. The fourth-order valence-electron chi connectivity index (χ4n) is 3.61. The van der Waals surface area contributed by atoms with E-state index in [9.17, 15) is 4.79 Å². The van der Waals surface area contributed by atoms with Gasteiger partial charge in [-0.3, -0.25) is 4.79 Å². The van der Waals surface area contributed by atoms with Gasteiger partial charge in [0.15, 0.2) is 11.5 Å². The molecule has 0 atom stereocenters. The molecule has 0 unspecified atom stereocenters. The molecule has 8 nitrogen and oxygen atoms in total. The second-order valence-corrected chi connectivity index (χ2v) is 8.24. The van der Waals surface area contributed by atoms with Crippen LogP contribution in [0, 0.1) is 20.8 Å². The molecule has 164 valence electrons. The van der Waals surface area contributed by atoms with Gasteiger partial charge in [-0.15, -0.1) is 0 Å². The topological polar surface area (TPSA) is 90.5 Å². The summed E-state index contributed by atoms with van der Waals surface area (Å²) in [6.45, 7) is 5.98. The van der Waals surface area contributed by atoms with Gasteiger partial charge in [0.05, 0.1) is 23.0 Å². The van der Waals surface area contributed by atoms with Crippen LogP contribution in [0.4, 0.5) is 5.82 Å². The van der Waals surface area contributed by atoms with Crippen LogP contribution in [0.15, 0.2) is 61.1 Å². The maximum Gasteiger partial charge on any atom is 0.256 e. The monoisotopic (exact) mass is 457 g/mol. The largest absolute Gasteiger partial charge is 0.306 e. The Morgan fingerprint density at radius 1 is 0.970 bits per heavy atom. The number of amides is 1. The Bertz CT molecular complexity index is 1520. The molecule has 0 aliphatic carbocycles. The molecule has 0 aliphatic rings. The maximum atomic E-state index is 12.8. The Kier molecular flexibility index (Phi) is 5.14. The summed E-state index contributed by atoms with van der Waals surface area (Å²) in [5.41, 5.74) is 5.09. The summed E-state index contributed by atoms with van der Waals surface area (Å²) in [4.78, 5) is 21.7. The van der Waals surface area contributed by atoms with E-state index in [1.54, 1.807) is 45.9 Å². The molecule has 1 N–H and O–H groups in total. The van der Waals surface area contributed by atoms with Crippen LogP contribution >= 0.6 is 11.6 Å². The van der Waals surface area contributed by atoms with E-state index in [-0.39, 0.29) is 5.91 Å². The summed E-state index contributed by atoms with van der Waals surface area (Å²) in [6, 6.07) is 14.7. The number of fused-ring (bicyclic) bond motifs is 1. The number of anilines is 1. The third-order valence-electron chi connectivity index (χ3n) is 5.44. The predicted molar refractivity (Wildman–Crippen MR) is 127 cm³/mol. The van der Waals surface area contributed by atoms with E-state index < -0.39 is 0 Å². The van der Waals surface area contributed by atoms with Crippen molar-refractivity contribution in [3.05, 3.63) is 88.5 Å². The quantitative estimate of drug-likeness (QED) is 0.417. The zero-order valence-corrected chi connectivity index (χ0v) is 19.0. The number of benzene rings is 2. The second kappa shape index (κ2) is 8.14. The molecule has 2 aromatic carbocycles. The lowest BCUT2D eigenvalue weighted by atomic mass is 10.1. The molecule has 3 aromatic heterocycles. The number of carbonyl (C=O) groups excluding carboxylic acids is 1. The van der Waals surface area contributed by atoms with Gasteiger partial charge in [-0.05, 0) is 62.2 Å². The second-order valence-electron chi connectivity index (χ2n) is 7.81. The molecular weight excluding hydrogens is 438 g/mol. The van der Waals surface area contributed by atoms with Crippen LogP contribution < -0.4 is 5.32 Å². The molecule has 3 heterocycles. The van der Waals surface area contributed by atoms with Gasteiger partial charge in [-0.1, -0.05) is 23.7 Å². The van der Waals surface area contributed by atoms with E-state index in [1.165, 1.54) is 17.5 Å². The molecule has 0 saturated heterocycles. The van der Waals surface area contributed by atoms with Crippen LogP contribution in [0.25, 0.3) is 22.5 Å². The Hall–Kier alpha value is -4.04. The number of nitrogens with one attached hydrogen (secondary N) is 1. The van der Waals surface area contributed by atoms with Crippen molar-refractivity contribution in [2.75, 3.05) is 5.32 Å². The fourth-order valence-corrected chi connectivity index (χ4v) is 3.81. The number of aromatic nitrogens is 6. The van der Waals surface area contributed by atoms with E-state index in [0.29, 0.717) is 33.3 Å². The van der Waals surface area contributed by atoms with E-state index in [2.05, 4.69) is 51.5 Å². The van der Waals surface area contributed by atoms with Crippen LogP contribution in [0.3, 0.4) is 0 Å². The predicted octanol–water partition coefficient (Wildman–Crippen LogP) is 4.83. The van der Waals surface area contributed by atoms with Crippen LogP contribution in [-0.4, -0.2) is 35.4 Å². The molecule has 0 fully saturated rings. The van der Waals surface area contributed by atoms with Gasteiger partial charge in [0.1, 0.15) is 12.1 Å². The molecule has 0 aliphatic heterocycles. The zero-order valence-electron chi connectivity index (χ0n) is 18.2. The van der Waals surface area contributed by atoms with Gasteiger partial charge in [0.25, 0.3) is 5.91 Å². The van der Waals surface area contributed by atoms with Crippen molar-refractivity contribution in [3.63, 3.8) is 0 Å². The third-order valence-corrected chi connectivity index (χ3v) is 5.68. The Morgan fingerprint density at radius 3 is 2.61 bits per heavy atom. The standard InChI is InChI=1S/C24H20ClN7O/c1-14-7-8-19(9-15(14)2)31-22-20(12-28-31)23(27-13-26-22)32-21(10-16(3)30-32)29-24(33)17-5-4-6-18(25)11-17/h4-13H,1-3H3,(H,29,33). The minimum absolute atomic E-state index is 0.297. The summed E-state index contributed by atoms with van der Waals surface area (Å²) in [5.74, 6) is 0.704. The molecule has 0 radical (unpaired) electrons. The lowest BCUT2D eigenvalue weighted by Crippen LogP contribution is -2.15. The number of aryl methyl sites for hydroxylation is 3. The molecule has 33 heavy (non-hydrogen) atoms. The first-order chi connectivity index (χ1) is 15.9. The van der Waals surface area contributed by atoms with Crippen LogP contribution in [0.1, 0.15) is 27.2 Å². The van der Waals surface area contributed by atoms with Crippen molar-refractivity contribution in [1.82, 2.24) is 29.5 Å². The van der Waals surface area contributed by atoms with Crippen LogP contribution in [0.5, 0.6) is 0 Å². The minimum Gasteiger partial charge on any atom is -0.306 e. The molecule has 0 spiro atoms. The summed E-state index contributed by atoms with van der Waals surface area (Å²) in [7, 11) is 0. The van der Waals surface area contributed by atoms with Gasteiger partial charge in [0.2, 0.25) is 0 Å². The Morgan fingerprint density at radius 2 is 1.82 bits per heavy atom. The highest BCUT2D eigenvalue weighted by Gasteiger charge is 2.18. The highest BCUT2D eigenvalue weighted by atomic mass is 35.5. The lowest BCUT2D eigenvalue weighted by Gasteiger charge is -2.10. The maximum absolute atomic E-state index is 12.8. The van der Waals surface area contributed by atoms with Crippen molar-refractivity contribution >= 4 is 34.4 Å². The lowest BCUT2D eigenvalue weighted by molar-refractivity contribution is 0.102. The smallest absolute Gasteiger partial charge is 0.256 e. The first kappa shape index (κ1) is 20.8. The Labute approximate surface area is 194 Å². The van der Waals surface area contributed by atoms with Gasteiger partial charge in [-0.25, -0.2) is 14.6 Å². The fraction of sp³-hybridized carbons (Fsp3) is 0.125. The van der Waals surface area contributed by atoms with Crippen LogP contribution in [0.2, 0.25) is 5.02 Å². The summed E-state index contributed by atoms with van der Waals surface area (Å²) < 4.78 is 3.36. The normalized spacial score (nSPS) is 11.2. The molecule has 9 heteroatoms. The number of rotatable bonds is 4. The van der Waals surface area contributed by atoms with E-state index in [0.717, 1.165) is 11.4 Å². The molecular formula is C24H20ClN7O.